The van der Waals surface area contributed by atoms with Crippen LogP contribution in [0.4, 0.5) is 0 Å². The van der Waals surface area contributed by atoms with Crippen molar-refractivity contribution in [2.45, 2.75) is 44.7 Å². The molecule has 2 aromatic heterocycles. The van der Waals surface area contributed by atoms with Gasteiger partial charge in [0.15, 0.2) is 10.9 Å². The molecule has 1 unspecified atom stereocenters. The first-order valence-corrected chi connectivity index (χ1v) is 12.7. The van der Waals surface area contributed by atoms with Crippen molar-refractivity contribution < 1.29 is 9.53 Å². The highest BCUT2D eigenvalue weighted by atomic mass is 79.9. The topological polar surface area (TPSA) is 61.2 Å². The zero-order valence-corrected chi connectivity index (χ0v) is 20.6. The maximum Gasteiger partial charge on any atom is 0.263 e. The molecule has 5 nitrogen and oxygen atoms in total. The van der Waals surface area contributed by atoms with Gasteiger partial charge in [-0.2, -0.15) is 0 Å². The van der Waals surface area contributed by atoms with Gasteiger partial charge >= 0.3 is 0 Å². The number of fused-ring (bicyclic) bond motifs is 3. The average molecular weight is 519 g/mol. The van der Waals surface area contributed by atoms with Crippen molar-refractivity contribution in [3.63, 3.8) is 0 Å². The second kappa shape index (κ2) is 9.40. The Bertz CT molecular complexity index is 1200. The molecule has 0 spiro atoms. The van der Waals surface area contributed by atoms with Gasteiger partial charge < -0.3 is 4.74 Å². The number of halogens is 1. The molecule has 1 aliphatic heterocycles. The molecule has 0 N–H and O–H groups in total. The van der Waals surface area contributed by atoms with Crippen LogP contribution in [0.2, 0.25) is 0 Å². The van der Waals surface area contributed by atoms with Crippen molar-refractivity contribution in [2.24, 2.45) is 5.92 Å². The van der Waals surface area contributed by atoms with Gasteiger partial charge in [0.05, 0.1) is 23.8 Å². The molecule has 3 aromatic rings. The molecule has 0 fully saturated rings. The minimum Gasteiger partial charge on any atom is -0.372 e. The van der Waals surface area contributed by atoms with Crippen LogP contribution in [0, 0.1) is 5.92 Å². The number of ketones is 1. The SMILES string of the molecule is C=CCn1c(SCC(=O)c2ccc(Br)cc2)nc2sc3c(c2c1=O)CC(C(C)C)OC3. The summed E-state index contributed by atoms with van der Waals surface area (Å²) in [6, 6.07) is 7.27. The standard InChI is InChI=1S/C23H23BrN2O3S2/c1-4-9-26-22(28)20-16-10-18(13(2)3)29-11-19(16)31-21(20)25-23(26)30-12-17(27)14-5-7-15(24)8-6-14/h4-8,13,18H,1,9-12H2,2-3H3. The van der Waals surface area contributed by atoms with Gasteiger partial charge in [0.1, 0.15) is 4.83 Å². The van der Waals surface area contributed by atoms with Crippen LogP contribution in [-0.2, 0) is 24.3 Å². The number of carbonyl (C=O) groups is 1. The lowest BCUT2D eigenvalue weighted by atomic mass is 9.96. The van der Waals surface area contributed by atoms with E-state index in [2.05, 4.69) is 36.4 Å². The normalized spacial score (nSPS) is 15.9. The van der Waals surface area contributed by atoms with E-state index in [0.29, 0.717) is 35.2 Å². The van der Waals surface area contributed by atoms with E-state index in [1.807, 2.05) is 12.1 Å². The Morgan fingerprint density at radius 1 is 1.42 bits per heavy atom. The molecule has 31 heavy (non-hydrogen) atoms. The van der Waals surface area contributed by atoms with Crippen LogP contribution >= 0.6 is 39.0 Å². The number of aromatic nitrogens is 2. The van der Waals surface area contributed by atoms with Crippen LogP contribution in [0.3, 0.4) is 0 Å². The number of thiophene rings is 1. The Morgan fingerprint density at radius 3 is 2.84 bits per heavy atom. The first-order valence-electron chi connectivity index (χ1n) is 10.1. The summed E-state index contributed by atoms with van der Waals surface area (Å²) in [4.78, 5) is 32.7. The monoisotopic (exact) mass is 518 g/mol. The van der Waals surface area contributed by atoms with E-state index in [9.17, 15) is 9.59 Å². The van der Waals surface area contributed by atoms with E-state index in [1.165, 1.54) is 23.1 Å². The van der Waals surface area contributed by atoms with Crippen molar-refractivity contribution in [2.75, 3.05) is 5.75 Å². The number of nitrogens with zero attached hydrogens (tertiary/aromatic N) is 2. The van der Waals surface area contributed by atoms with E-state index < -0.39 is 0 Å². The fraction of sp³-hybridized carbons (Fsp3) is 0.348. The maximum atomic E-state index is 13.4. The molecule has 4 rings (SSSR count). The van der Waals surface area contributed by atoms with E-state index in [4.69, 9.17) is 9.72 Å². The first kappa shape index (κ1) is 22.5. The van der Waals surface area contributed by atoms with Crippen LogP contribution in [-0.4, -0.2) is 27.2 Å². The molecule has 0 bridgehead atoms. The van der Waals surface area contributed by atoms with E-state index in [-0.39, 0.29) is 23.2 Å². The van der Waals surface area contributed by atoms with Crippen LogP contribution in [0.15, 0.2) is 51.3 Å². The summed E-state index contributed by atoms with van der Waals surface area (Å²) >= 11 is 6.20. The molecule has 0 amide bonds. The zero-order valence-electron chi connectivity index (χ0n) is 17.4. The number of thioether (sulfide) groups is 1. The van der Waals surface area contributed by atoms with Gasteiger partial charge in [0.25, 0.3) is 5.56 Å². The largest absolute Gasteiger partial charge is 0.372 e. The molecule has 1 aromatic carbocycles. The second-order valence-corrected chi connectivity index (χ2v) is 10.7. The number of ether oxygens (including phenoxy) is 1. The number of benzene rings is 1. The third-order valence-corrected chi connectivity index (χ3v) is 7.95. The summed E-state index contributed by atoms with van der Waals surface area (Å²) in [6.07, 6.45) is 2.52. The smallest absolute Gasteiger partial charge is 0.263 e. The van der Waals surface area contributed by atoms with Crippen LogP contribution < -0.4 is 5.56 Å². The fourth-order valence-electron chi connectivity index (χ4n) is 3.62. The second-order valence-electron chi connectivity index (χ2n) is 7.80. The molecular formula is C23H23BrN2O3S2. The number of allylic oxidation sites excluding steroid dienone is 1. The minimum absolute atomic E-state index is 0.00403. The van der Waals surface area contributed by atoms with Crippen molar-refractivity contribution in [1.82, 2.24) is 9.55 Å². The highest BCUT2D eigenvalue weighted by Gasteiger charge is 2.28. The molecule has 1 aliphatic rings. The minimum atomic E-state index is -0.0644. The molecule has 0 radical (unpaired) electrons. The Morgan fingerprint density at radius 2 is 2.16 bits per heavy atom. The fourth-order valence-corrected chi connectivity index (χ4v) is 5.95. The van der Waals surface area contributed by atoms with Gasteiger partial charge in [-0.15, -0.1) is 17.9 Å². The van der Waals surface area contributed by atoms with Crippen molar-refractivity contribution in [3.8, 4) is 0 Å². The molecule has 0 saturated heterocycles. The van der Waals surface area contributed by atoms with Gasteiger partial charge in [-0.05, 0) is 23.6 Å². The van der Waals surface area contributed by atoms with E-state index in [1.54, 1.807) is 22.8 Å². The Labute approximate surface area is 197 Å². The van der Waals surface area contributed by atoms with Gasteiger partial charge in [-0.1, -0.05) is 59.7 Å². The number of hydrogen-bond acceptors (Lipinski definition) is 6. The third-order valence-electron chi connectivity index (χ3n) is 5.35. The van der Waals surface area contributed by atoms with Crippen molar-refractivity contribution >= 4 is 55.0 Å². The van der Waals surface area contributed by atoms with Gasteiger partial charge in [0.2, 0.25) is 0 Å². The van der Waals surface area contributed by atoms with E-state index >= 15 is 0 Å². The van der Waals surface area contributed by atoms with Crippen LogP contribution in [0.5, 0.6) is 0 Å². The summed E-state index contributed by atoms with van der Waals surface area (Å²) in [7, 11) is 0. The van der Waals surface area contributed by atoms with Crippen LogP contribution in [0.1, 0.15) is 34.6 Å². The molecule has 1 atom stereocenters. The third kappa shape index (κ3) is 4.58. The number of carbonyl (C=O) groups excluding carboxylic acids is 1. The highest BCUT2D eigenvalue weighted by molar-refractivity contribution is 9.10. The summed E-state index contributed by atoms with van der Waals surface area (Å²) < 4.78 is 8.54. The van der Waals surface area contributed by atoms with Gasteiger partial charge in [-0.3, -0.25) is 14.2 Å². The first-order chi connectivity index (χ1) is 14.9. The summed E-state index contributed by atoms with van der Waals surface area (Å²) in [5.74, 6) is 0.585. The zero-order chi connectivity index (χ0) is 22.1. The number of hydrogen-bond donors (Lipinski definition) is 0. The molecular weight excluding hydrogens is 496 g/mol. The molecule has 8 heteroatoms. The molecule has 3 heterocycles. The Balaban J connectivity index is 1.68. The summed E-state index contributed by atoms with van der Waals surface area (Å²) in [5, 5.41) is 1.24. The quantitative estimate of drug-likeness (QED) is 0.179. The lowest BCUT2D eigenvalue weighted by molar-refractivity contribution is 0.00200. The molecule has 162 valence electrons. The highest BCUT2D eigenvalue weighted by Crippen LogP contribution is 2.36. The summed E-state index contributed by atoms with van der Waals surface area (Å²) in [6.45, 7) is 8.93. The maximum absolute atomic E-state index is 13.4. The van der Waals surface area contributed by atoms with Gasteiger partial charge in [0, 0.05) is 27.9 Å². The van der Waals surface area contributed by atoms with Crippen LogP contribution in [0.25, 0.3) is 10.2 Å². The Hall–Kier alpha value is -1.74. The predicted octanol–water partition coefficient (Wildman–Crippen LogP) is 5.48. The number of rotatable bonds is 7. The summed E-state index contributed by atoms with van der Waals surface area (Å²) in [5.41, 5.74) is 1.64. The van der Waals surface area contributed by atoms with E-state index in [0.717, 1.165) is 26.2 Å². The number of Topliss-reactive ketones (excluding diaryl/α,β-unsaturated/α-hetero) is 1. The molecule has 0 aliphatic carbocycles. The lowest BCUT2D eigenvalue weighted by Crippen LogP contribution is -2.28. The van der Waals surface area contributed by atoms with Gasteiger partial charge in [-0.25, -0.2) is 4.98 Å². The van der Waals surface area contributed by atoms with Crippen molar-refractivity contribution in [3.05, 3.63) is 67.8 Å². The predicted molar refractivity (Wildman–Crippen MR) is 130 cm³/mol. The average Bonchev–Trinajstić information content (AvgIpc) is 3.12. The Kier molecular flexibility index (Phi) is 6.81. The van der Waals surface area contributed by atoms with Crippen molar-refractivity contribution in [1.29, 1.82) is 0 Å². The lowest BCUT2D eigenvalue weighted by Gasteiger charge is -2.26. The molecule has 0 saturated carbocycles.